The third-order valence-electron chi connectivity index (χ3n) is 1.50. The maximum absolute atomic E-state index is 12.7. The maximum Gasteiger partial charge on any atom is 0.140 e. The number of halogens is 1. The molecule has 3 nitrogen and oxygen atoms in total. The van der Waals surface area contributed by atoms with E-state index in [-0.39, 0.29) is 12.0 Å². The standard InChI is InChI=1S/C9H6FNO2/c10-8-2-1-6(4-9(12)13)3-7(8)5-11/h1-3H,4H2,(H,12,13)/p-1. The molecule has 0 amide bonds. The van der Waals surface area contributed by atoms with Crippen molar-refractivity contribution in [2.75, 3.05) is 0 Å². The van der Waals surface area contributed by atoms with E-state index in [2.05, 4.69) is 0 Å². The minimum atomic E-state index is -1.25. The Morgan fingerprint density at radius 1 is 1.62 bits per heavy atom. The highest BCUT2D eigenvalue weighted by Gasteiger charge is 2.02. The summed E-state index contributed by atoms with van der Waals surface area (Å²) in [6.07, 6.45) is -0.311. The van der Waals surface area contributed by atoms with Crippen molar-refractivity contribution < 1.29 is 14.3 Å². The van der Waals surface area contributed by atoms with Crippen LogP contribution in [0, 0.1) is 17.1 Å². The van der Waals surface area contributed by atoms with Gasteiger partial charge in [-0.05, 0) is 17.7 Å². The molecule has 0 aliphatic rings. The van der Waals surface area contributed by atoms with E-state index in [1.54, 1.807) is 6.07 Å². The number of nitrogens with zero attached hydrogens (tertiary/aromatic N) is 1. The van der Waals surface area contributed by atoms with Gasteiger partial charge in [-0.2, -0.15) is 5.26 Å². The van der Waals surface area contributed by atoms with Crippen LogP contribution in [0.15, 0.2) is 18.2 Å². The van der Waals surface area contributed by atoms with Gasteiger partial charge in [-0.3, -0.25) is 0 Å². The lowest BCUT2D eigenvalue weighted by molar-refractivity contribution is -0.304. The van der Waals surface area contributed by atoms with E-state index in [9.17, 15) is 14.3 Å². The van der Waals surface area contributed by atoms with Crippen molar-refractivity contribution in [3.8, 4) is 6.07 Å². The van der Waals surface area contributed by atoms with Gasteiger partial charge in [0.25, 0.3) is 0 Å². The number of benzene rings is 1. The van der Waals surface area contributed by atoms with Crippen molar-refractivity contribution >= 4 is 5.97 Å². The fourth-order valence-corrected chi connectivity index (χ4v) is 0.935. The first kappa shape index (κ1) is 9.20. The molecule has 4 heteroatoms. The zero-order valence-corrected chi connectivity index (χ0v) is 6.58. The summed E-state index contributed by atoms with van der Waals surface area (Å²) >= 11 is 0. The molecule has 1 aromatic carbocycles. The van der Waals surface area contributed by atoms with Gasteiger partial charge in [0.05, 0.1) is 5.56 Å². The Kier molecular flexibility index (Phi) is 2.60. The smallest absolute Gasteiger partial charge is 0.140 e. The number of carbonyl (C=O) groups is 1. The lowest BCUT2D eigenvalue weighted by Crippen LogP contribution is -2.24. The topological polar surface area (TPSA) is 63.9 Å². The summed E-state index contributed by atoms with van der Waals surface area (Å²) in [5.41, 5.74) is 0.205. The largest absolute Gasteiger partial charge is 0.550 e. The van der Waals surface area contributed by atoms with Crippen molar-refractivity contribution in [2.24, 2.45) is 0 Å². The maximum atomic E-state index is 12.7. The van der Waals surface area contributed by atoms with Crippen LogP contribution in [0.2, 0.25) is 0 Å². The predicted molar refractivity (Wildman–Crippen MR) is 39.8 cm³/mol. The van der Waals surface area contributed by atoms with Crippen LogP contribution in [-0.4, -0.2) is 5.97 Å². The average Bonchev–Trinajstić information content (AvgIpc) is 2.07. The number of hydrogen-bond acceptors (Lipinski definition) is 3. The van der Waals surface area contributed by atoms with Crippen molar-refractivity contribution in [1.82, 2.24) is 0 Å². The highest BCUT2D eigenvalue weighted by molar-refractivity contribution is 5.68. The molecule has 1 aromatic rings. The zero-order chi connectivity index (χ0) is 9.84. The molecule has 1 rings (SSSR count). The summed E-state index contributed by atoms with van der Waals surface area (Å²) in [6.45, 7) is 0. The monoisotopic (exact) mass is 178 g/mol. The van der Waals surface area contributed by atoms with Crippen LogP contribution in [-0.2, 0) is 11.2 Å². The molecule has 0 aromatic heterocycles. The molecule has 13 heavy (non-hydrogen) atoms. The fraction of sp³-hybridized carbons (Fsp3) is 0.111. The molecule has 0 saturated heterocycles. The molecule has 0 heterocycles. The second kappa shape index (κ2) is 3.68. The first-order chi connectivity index (χ1) is 6.13. The predicted octanol–water partition coefficient (Wildman–Crippen LogP) is -0.0102. The van der Waals surface area contributed by atoms with Gasteiger partial charge >= 0.3 is 0 Å². The van der Waals surface area contributed by atoms with E-state index in [4.69, 9.17) is 5.26 Å². The Bertz CT molecular complexity index is 382. The number of aliphatic carboxylic acids is 1. The number of hydrogen-bond donors (Lipinski definition) is 0. The van der Waals surface area contributed by atoms with Gasteiger partial charge in [-0.15, -0.1) is 0 Å². The Labute approximate surface area is 74.0 Å². The van der Waals surface area contributed by atoms with E-state index in [1.165, 1.54) is 12.1 Å². The molecular weight excluding hydrogens is 173 g/mol. The third kappa shape index (κ3) is 2.27. The van der Waals surface area contributed by atoms with Crippen LogP contribution in [0.25, 0.3) is 0 Å². The molecule has 0 spiro atoms. The van der Waals surface area contributed by atoms with Crippen molar-refractivity contribution in [3.05, 3.63) is 35.1 Å². The van der Waals surface area contributed by atoms with Crippen LogP contribution in [0.1, 0.15) is 11.1 Å². The summed E-state index contributed by atoms with van der Waals surface area (Å²) in [5, 5.41) is 18.6. The molecule has 0 fully saturated rings. The molecular formula is C9H5FNO2-. The molecule has 0 bridgehead atoms. The molecule has 0 aliphatic carbocycles. The van der Waals surface area contributed by atoms with Gasteiger partial charge < -0.3 is 9.90 Å². The Balaban J connectivity index is 3.01. The van der Waals surface area contributed by atoms with E-state index in [0.717, 1.165) is 6.07 Å². The normalized spacial score (nSPS) is 9.23. The van der Waals surface area contributed by atoms with E-state index < -0.39 is 11.8 Å². The number of carboxylic acid groups (broad SMARTS) is 1. The number of carboxylic acids is 1. The SMILES string of the molecule is N#Cc1cc(CC(=O)[O-])ccc1F. The van der Waals surface area contributed by atoms with Gasteiger partial charge in [-0.25, -0.2) is 4.39 Å². The van der Waals surface area contributed by atoms with E-state index >= 15 is 0 Å². The van der Waals surface area contributed by atoms with Crippen molar-refractivity contribution in [1.29, 1.82) is 5.26 Å². The van der Waals surface area contributed by atoms with Gasteiger partial charge in [0.2, 0.25) is 0 Å². The third-order valence-corrected chi connectivity index (χ3v) is 1.50. The van der Waals surface area contributed by atoms with Gasteiger partial charge in [0.1, 0.15) is 11.9 Å². The van der Waals surface area contributed by atoms with Crippen LogP contribution in [0.5, 0.6) is 0 Å². The average molecular weight is 178 g/mol. The fourth-order valence-electron chi connectivity index (χ4n) is 0.935. The molecule has 0 atom stereocenters. The Morgan fingerprint density at radius 2 is 2.31 bits per heavy atom. The van der Waals surface area contributed by atoms with Gasteiger partial charge in [-0.1, -0.05) is 6.07 Å². The van der Waals surface area contributed by atoms with Crippen LogP contribution < -0.4 is 5.11 Å². The van der Waals surface area contributed by atoms with Gasteiger partial charge in [0.15, 0.2) is 0 Å². The van der Waals surface area contributed by atoms with Crippen LogP contribution in [0.3, 0.4) is 0 Å². The summed E-state index contributed by atoms with van der Waals surface area (Å²) in [6, 6.07) is 5.20. The van der Waals surface area contributed by atoms with Crippen LogP contribution in [0.4, 0.5) is 4.39 Å². The highest BCUT2D eigenvalue weighted by Crippen LogP contribution is 2.09. The quantitative estimate of drug-likeness (QED) is 0.639. The second-order valence-corrected chi connectivity index (χ2v) is 2.47. The molecule has 0 aliphatic heterocycles. The molecule has 0 unspecified atom stereocenters. The summed E-state index contributed by atoms with van der Waals surface area (Å²) in [7, 11) is 0. The Hall–Kier alpha value is -1.89. The van der Waals surface area contributed by atoms with Gasteiger partial charge in [0, 0.05) is 12.4 Å². The minimum absolute atomic E-state index is 0.154. The van der Waals surface area contributed by atoms with Crippen LogP contribution >= 0.6 is 0 Å². The molecule has 0 radical (unpaired) electrons. The molecule has 0 saturated carbocycles. The lowest BCUT2D eigenvalue weighted by atomic mass is 10.1. The first-order valence-electron chi connectivity index (χ1n) is 3.52. The number of nitriles is 1. The number of rotatable bonds is 2. The van der Waals surface area contributed by atoms with Crippen molar-refractivity contribution in [2.45, 2.75) is 6.42 Å². The summed E-state index contributed by atoms with van der Waals surface area (Å²) in [5.74, 6) is -1.90. The molecule has 0 N–H and O–H groups in total. The van der Waals surface area contributed by atoms with E-state index in [1.807, 2.05) is 0 Å². The van der Waals surface area contributed by atoms with Crippen molar-refractivity contribution in [3.63, 3.8) is 0 Å². The minimum Gasteiger partial charge on any atom is -0.550 e. The molecule has 66 valence electrons. The van der Waals surface area contributed by atoms with E-state index in [0.29, 0.717) is 5.56 Å². The second-order valence-electron chi connectivity index (χ2n) is 2.47. The zero-order valence-electron chi connectivity index (χ0n) is 6.58. The lowest BCUT2D eigenvalue weighted by Gasteiger charge is -2.02. The summed E-state index contributed by atoms with van der Waals surface area (Å²) < 4.78 is 12.7. The Morgan fingerprint density at radius 3 is 2.85 bits per heavy atom. The highest BCUT2D eigenvalue weighted by atomic mass is 19.1. The number of carbonyl (C=O) groups excluding carboxylic acids is 1. The summed E-state index contributed by atoms with van der Waals surface area (Å²) in [4.78, 5) is 10.2. The first-order valence-corrected chi connectivity index (χ1v) is 3.52.